The predicted molar refractivity (Wildman–Crippen MR) is 171 cm³/mol. The highest BCUT2D eigenvalue weighted by atomic mass is 32.2. The first kappa shape index (κ1) is 31.9. The molecule has 0 bridgehead atoms. The standard InChI is InChI=1S/C35H31FN4O5S/c36-28-14-16-29(17-15-28)39-46(43,44)32-20-18-31(19-21-32)45-25-33(41)40(24-26-9-3-1-4-10-26)34(27-11-5-2-6-12-27)35(42)38-23-30-13-7-8-22-37-30/h1-22,34,39H,23-25H2,(H,38,42)/t34-/m0/s1. The van der Waals surface area contributed by atoms with Gasteiger partial charge in [0.05, 0.1) is 17.1 Å². The number of benzene rings is 4. The van der Waals surface area contributed by atoms with E-state index in [2.05, 4.69) is 15.0 Å². The number of halogens is 1. The van der Waals surface area contributed by atoms with Gasteiger partial charge in [0, 0.05) is 18.4 Å². The van der Waals surface area contributed by atoms with Crippen molar-refractivity contribution in [2.45, 2.75) is 24.0 Å². The lowest BCUT2D eigenvalue weighted by atomic mass is 10.0. The van der Waals surface area contributed by atoms with Crippen LogP contribution in [0.4, 0.5) is 10.1 Å². The molecular weight excluding hydrogens is 607 g/mol. The van der Waals surface area contributed by atoms with Gasteiger partial charge in [0.2, 0.25) is 5.91 Å². The Morgan fingerprint density at radius 3 is 2.11 bits per heavy atom. The van der Waals surface area contributed by atoms with E-state index in [0.717, 1.165) is 17.7 Å². The summed E-state index contributed by atoms with van der Waals surface area (Å²) in [6.45, 7) is -0.104. The summed E-state index contributed by atoms with van der Waals surface area (Å²) in [7, 11) is -3.95. The average Bonchev–Trinajstić information content (AvgIpc) is 3.08. The molecule has 0 unspecified atom stereocenters. The molecule has 9 nitrogen and oxygen atoms in total. The summed E-state index contributed by atoms with van der Waals surface area (Å²) in [6, 6.07) is 33.2. The molecule has 2 N–H and O–H groups in total. The SMILES string of the molecule is O=C(NCc1ccccn1)[C@H](c1ccccc1)N(Cc1ccccc1)C(=O)COc1ccc(S(=O)(=O)Nc2ccc(F)cc2)cc1. The highest BCUT2D eigenvalue weighted by Crippen LogP contribution is 2.25. The fourth-order valence-corrected chi connectivity index (χ4v) is 5.72. The van der Waals surface area contributed by atoms with E-state index in [-0.39, 0.29) is 35.3 Å². The van der Waals surface area contributed by atoms with Crippen molar-refractivity contribution in [2.24, 2.45) is 0 Å². The summed E-state index contributed by atoms with van der Waals surface area (Å²) in [5, 5.41) is 2.92. The smallest absolute Gasteiger partial charge is 0.261 e. The van der Waals surface area contributed by atoms with Gasteiger partial charge in [-0.25, -0.2) is 12.8 Å². The van der Waals surface area contributed by atoms with Crippen LogP contribution >= 0.6 is 0 Å². The minimum Gasteiger partial charge on any atom is -0.484 e. The van der Waals surface area contributed by atoms with E-state index >= 15 is 0 Å². The van der Waals surface area contributed by atoms with Crippen molar-refractivity contribution in [1.82, 2.24) is 15.2 Å². The van der Waals surface area contributed by atoms with Crippen molar-refractivity contribution in [1.29, 1.82) is 0 Å². The zero-order valence-corrected chi connectivity index (χ0v) is 25.4. The normalized spacial score (nSPS) is 11.7. The molecule has 2 amide bonds. The second-order valence-corrected chi connectivity index (χ2v) is 11.9. The van der Waals surface area contributed by atoms with Crippen LogP contribution < -0.4 is 14.8 Å². The van der Waals surface area contributed by atoms with Gasteiger partial charge in [0.1, 0.15) is 17.6 Å². The van der Waals surface area contributed by atoms with Crippen molar-refractivity contribution in [3.05, 3.63) is 156 Å². The molecule has 0 spiro atoms. The minimum absolute atomic E-state index is 0.0464. The van der Waals surface area contributed by atoms with Gasteiger partial charge in [-0.15, -0.1) is 0 Å². The van der Waals surface area contributed by atoms with Crippen LogP contribution in [0.15, 0.2) is 138 Å². The van der Waals surface area contributed by atoms with E-state index in [1.165, 1.54) is 41.3 Å². The van der Waals surface area contributed by atoms with Crippen molar-refractivity contribution < 1.29 is 27.1 Å². The fourth-order valence-electron chi connectivity index (χ4n) is 4.66. The highest BCUT2D eigenvalue weighted by molar-refractivity contribution is 7.92. The molecule has 4 aromatic carbocycles. The van der Waals surface area contributed by atoms with Crippen molar-refractivity contribution >= 4 is 27.5 Å². The lowest BCUT2D eigenvalue weighted by Gasteiger charge is -2.31. The van der Waals surface area contributed by atoms with Crippen LogP contribution in [0.1, 0.15) is 22.9 Å². The Hall–Kier alpha value is -5.55. The predicted octanol–water partition coefficient (Wildman–Crippen LogP) is 5.49. The van der Waals surface area contributed by atoms with E-state index in [9.17, 15) is 22.4 Å². The molecule has 0 saturated carbocycles. The van der Waals surface area contributed by atoms with Crippen LogP contribution in [0.2, 0.25) is 0 Å². The number of amides is 2. The highest BCUT2D eigenvalue weighted by Gasteiger charge is 2.32. The number of aromatic nitrogens is 1. The van der Waals surface area contributed by atoms with Gasteiger partial charge in [0.15, 0.2) is 6.61 Å². The number of nitrogens with one attached hydrogen (secondary N) is 2. The Morgan fingerprint density at radius 2 is 1.46 bits per heavy atom. The molecule has 0 saturated heterocycles. The molecule has 0 radical (unpaired) electrons. The summed E-state index contributed by atoms with van der Waals surface area (Å²) in [5.41, 5.74) is 2.32. The molecular formula is C35H31FN4O5S. The van der Waals surface area contributed by atoms with Crippen molar-refractivity contribution in [3.8, 4) is 5.75 Å². The van der Waals surface area contributed by atoms with E-state index < -0.39 is 34.4 Å². The molecule has 0 fully saturated rings. The third-order valence-electron chi connectivity index (χ3n) is 6.95. The zero-order valence-electron chi connectivity index (χ0n) is 24.6. The van der Waals surface area contributed by atoms with Gasteiger partial charge in [-0.3, -0.25) is 19.3 Å². The zero-order chi connectivity index (χ0) is 32.4. The maximum atomic E-state index is 13.8. The van der Waals surface area contributed by atoms with E-state index in [1.807, 2.05) is 42.5 Å². The first-order valence-electron chi connectivity index (χ1n) is 14.4. The molecule has 5 rings (SSSR count). The van der Waals surface area contributed by atoms with E-state index in [1.54, 1.807) is 42.6 Å². The van der Waals surface area contributed by atoms with Gasteiger partial charge in [0.25, 0.3) is 15.9 Å². The third kappa shape index (κ3) is 8.54. The summed E-state index contributed by atoms with van der Waals surface area (Å²) in [5.74, 6) is -1.07. The van der Waals surface area contributed by atoms with E-state index in [0.29, 0.717) is 11.3 Å². The molecule has 234 valence electrons. The molecule has 1 atom stereocenters. The molecule has 0 aliphatic heterocycles. The third-order valence-corrected chi connectivity index (χ3v) is 8.35. The van der Waals surface area contributed by atoms with Gasteiger partial charge >= 0.3 is 0 Å². The number of carbonyl (C=O) groups is 2. The first-order chi connectivity index (χ1) is 22.3. The maximum Gasteiger partial charge on any atom is 0.261 e. The summed E-state index contributed by atoms with van der Waals surface area (Å²) < 4.78 is 47.0. The number of nitrogens with zero attached hydrogens (tertiary/aromatic N) is 2. The van der Waals surface area contributed by atoms with Crippen molar-refractivity contribution in [2.75, 3.05) is 11.3 Å². The second-order valence-electron chi connectivity index (χ2n) is 10.2. The quantitative estimate of drug-likeness (QED) is 0.176. The fraction of sp³-hybridized carbons (Fsp3) is 0.114. The monoisotopic (exact) mass is 638 g/mol. The topological polar surface area (TPSA) is 118 Å². The van der Waals surface area contributed by atoms with Gasteiger partial charge < -0.3 is 15.0 Å². The summed E-state index contributed by atoms with van der Waals surface area (Å²) in [6.07, 6.45) is 1.64. The van der Waals surface area contributed by atoms with Crippen LogP contribution in [0, 0.1) is 5.82 Å². The Morgan fingerprint density at radius 1 is 0.804 bits per heavy atom. The molecule has 0 aliphatic rings. The number of pyridine rings is 1. The maximum absolute atomic E-state index is 13.8. The molecule has 1 heterocycles. The second kappa shape index (κ2) is 15.0. The molecule has 11 heteroatoms. The van der Waals surface area contributed by atoms with Crippen LogP contribution in [0.3, 0.4) is 0 Å². The number of carbonyl (C=O) groups excluding carboxylic acids is 2. The Labute approximate surface area is 266 Å². The number of sulfonamides is 1. The molecule has 46 heavy (non-hydrogen) atoms. The van der Waals surface area contributed by atoms with Crippen molar-refractivity contribution in [3.63, 3.8) is 0 Å². The number of ether oxygens (including phenoxy) is 1. The van der Waals surface area contributed by atoms with Crippen LogP contribution in [-0.2, 0) is 32.7 Å². The Kier molecular flexibility index (Phi) is 10.4. The summed E-state index contributed by atoms with van der Waals surface area (Å²) in [4.78, 5) is 33.3. The Balaban J connectivity index is 1.34. The summed E-state index contributed by atoms with van der Waals surface area (Å²) >= 11 is 0. The van der Waals surface area contributed by atoms with E-state index in [4.69, 9.17) is 4.74 Å². The van der Waals surface area contributed by atoms with Gasteiger partial charge in [-0.1, -0.05) is 66.7 Å². The number of anilines is 1. The number of hydrogen-bond donors (Lipinski definition) is 2. The first-order valence-corrected chi connectivity index (χ1v) is 15.8. The van der Waals surface area contributed by atoms with Crippen LogP contribution in [0.5, 0.6) is 5.75 Å². The molecule has 0 aliphatic carbocycles. The Bertz CT molecular complexity index is 1840. The van der Waals surface area contributed by atoms with Crippen LogP contribution in [0.25, 0.3) is 0 Å². The number of hydrogen-bond acceptors (Lipinski definition) is 6. The van der Waals surface area contributed by atoms with Gasteiger partial charge in [-0.05, 0) is 71.8 Å². The minimum atomic E-state index is -3.95. The van der Waals surface area contributed by atoms with Crippen LogP contribution in [-0.4, -0.2) is 36.7 Å². The largest absolute Gasteiger partial charge is 0.484 e. The average molecular weight is 639 g/mol. The lowest BCUT2D eigenvalue weighted by molar-refractivity contribution is -0.143. The molecule has 5 aromatic rings. The lowest BCUT2D eigenvalue weighted by Crippen LogP contribution is -2.45. The molecule has 1 aromatic heterocycles. The number of rotatable bonds is 13. The van der Waals surface area contributed by atoms with Gasteiger partial charge in [-0.2, -0.15) is 0 Å².